The highest BCUT2D eigenvalue weighted by Gasteiger charge is 2.16. The monoisotopic (exact) mass is 461 g/mol. The van der Waals surface area contributed by atoms with Gasteiger partial charge in [0.05, 0.1) is 38.1 Å². The van der Waals surface area contributed by atoms with Crippen LogP contribution in [0.15, 0.2) is 35.4 Å². The second-order valence-electron chi connectivity index (χ2n) is 7.19. The quantitative estimate of drug-likeness (QED) is 0.477. The van der Waals surface area contributed by atoms with Crippen molar-refractivity contribution in [2.45, 2.75) is 6.61 Å². The fraction of sp³-hybridized carbons (Fsp3) is 0.364. The second-order valence-corrected chi connectivity index (χ2v) is 7.60. The van der Waals surface area contributed by atoms with Gasteiger partial charge in [0.15, 0.2) is 23.0 Å². The third-order valence-corrected chi connectivity index (χ3v) is 5.23. The van der Waals surface area contributed by atoms with Gasteiger partial charge in [-0.1, -0.05) is 17.7 Å². The van der Waals surface area contributed by atoms with Crippen molar-refractivity contribution in [2.24, 2.45) is 5.10 Å². The summed E-state index contributed by atoms with van der Waals surface area (Å²) in [5.41, 5.74) is 4.09. The molecule has 2 aliphatic rings. The molecule has 1 saturated heterocycles. The topological polar surface area (TPSA) is 90.9 Å². The maximum atomic E-state index is 12.0. The molecule has 170 valence electrons. The van der Waals surface area contributed by atoms with Crippen molar-refractivity contribution in [2.75, 3.05) is 46.8 Å². The molecule has 0 atom stereocenters. The maximum absolute atomic E-state index is 12.0. The number of hydrogen-bond acceptors (Lipinski definition) is 8. The first-order chi connectivity index (χ1) is 15.6. The highest BCUT2D eigenvalue weighted by atomic mass is 35.5. The summed E-state index contributed by atoms with van der Waals surface area (Å²) in [6, 6.07) is 9.03. The first-order valence-electron chi connectivity index (χ1n) is 10.1. The zero-order valence-electron chi connectivity index (χ0n) is 17.6. The maximum Gasteiger partial charge on any atom is 0.254 e. The van der Waals surface area contributed by atoms with Crippen LogP contribution in [0.5, 0.6) is 23.0 Å². The fourth-order valence-electron chi connectivity index (χ4n) is 3.32. The number of halogens is 1. The highest BCUT2D eigenvalue weighted by molar-refractivity contribution is 6.32. The molecule has 2 aromatic carbocycles. The van der Waals surface area contributed by atoms with Gasteiger partial charge in [-0.2, -0.15) is 5.10 Å². The molecule has 2 aromatic rings. The number of methoxy groups -OCH3 is 1. The van der Waals surface area contributed by atoms with Crippen LogP contribution in [0.2, 0.25) is 5.02 Å². The molecular formula is C22H24ClN3O6. The van der Waals surface area contributed by atoms with Crippen molar-refractivity contribution in [3.8, 4) is 23.0 Å². The standard InChI is InChI=1S/C22H24ClN3O6/c1-28-20-10-16(11-24-25-21(27)12-26-4-6-29-7-5-26)8-17(23)22(20)30-13-15-2-3-18-19(9-15)32-14-31-18/h2-3,8-11H,4-7,12-14H2,1H3,(H,25,27)/b24-11+. The molecule has 0 unspecified atom stereocenters. The summed E-state index contributed by atoms with van der Waals surface area (Å²) in [6.45, 7) is 3.51. The van der Waals surface area contributed by atoms with E-state index in [-0.39, 0.29) is 25.9 Å². The average Bonchev–Trinajstić information content (AvgIpc) is 3.26. The van der Waals surface area contributed by atoms with Crippen LogP contribution in [0.25, 0.3) is 0 Å². The summed E-state index contributed by atoms with van der Waals surface area (Å²) in [6.07, 6.45) is 1.51. The summed E-state index contributed by atoms with van der Waals surface area (Å²) in [7, 11) is 1.53. The molecule has 0 radical (unpaired) electrons. The van der Waals surface area contributed by atoms with Crippen LogP contribution < -0.4 is 24.4 Å². The number of amides is 1. The number of carbonyl (C=O) groups is 1. The number of ether oxygens (including phenoxy) is 5. The summed E-state index contributed by atoms with van der Waals surface area (Å²) >= 11 is 6.43. The van der Waals surface area contributed by atoms with Crippen molar-refractivity contribution in [3.05, 3.63) is 46.5 Å². The van der Waals surface area contributed by atoms with Gasteiger partial charge in [0.2, 0.25) is 6.79 Å². The number of carbonyl (C=O) groups excluding carboxylic acids is 1. The predicted octanol–water partition coefficient (Wildman–Crippen LogP) is 2.44. The molecule has 0 spiro atoms. The van der Waals surface area contributed by atoms with Gasteiger partial charge in [0.25, 0.3) is 5.91 Å². The molecule has 9 nitrogen and oxygen atoms in total. The number of rotatable bonds is 8. The first-order valence-corrected chi connectivity index (χ1v) is 10.5. The van der Waals surface area contributed by atoms with Gasteiger partial charge >= 0.3 is 0 Å². The van der Waals surface area contributed by atoms with Crippen LogP contribution in [0.3, 0.4) is 0 Å². The molecule has 0 aliphatic carbocycles. The van der Waals surface area contributed by atoms with Gasteiger partial charge in [-0.05, 0) is 35.4 Å². The van der Waals surface area contributed by atoms with E-state index in [1.165, 1.54) is 13.3 Å². The van der Waals surface area contributed by atoms with Gasteiger partial charge in [-0.15, -0.1) is 0 Å². The van der Waals surface area contributed by atoms with E-state index in [9.17, 15) is 4.79 Å². The lowest BCUT2D eigenvalue weighted by molar-refractivity contribution is -0.123. The number of hydrazone groups is 1. The highest BCUT2D eigenvalue weighted by Crippen LogP contribution is 2.37. The molecule has 4 rings (SSSR count). The van der Waals surface area contributed by atoms with Crippen LogP contribution >= 0.6 is 11.6 Å². The van der Waals surface area contributed by atoms with Gasteiger partial charge < -0.3 is 23.7 Å². The Bertz CT molecular complexity index is 994. The smallest absolute Gasteiger partial charge is 0.254 e. The second kappa shape index (κ2) is 10.5. The van der Waals surface area contributed by atoms with Gasteiger partial charge in [0, 0.05) is 13.1 Å². The van der Waals surface area contributed by atoms with E-state index in [0.29, 0.717) is 46.8 Å². The van der Waals surface area contributed by atoms with Crippen LogP contribution in [0.4, 0.5) is 0 Å². The Labute approximate surface area is 190 Å². The molecule has 1 amide bonds. The Hall–Kier alpha value is -3.01. The summed E-state index contributed by atoms with van der Waals surface area (Å²) in [5.74, 6) is 2.08. The van der Waals surface area contributed by atoms with Crippen molar-refractivity contribution in [3.63, 3.8) is 0 Å². The van der Waals surface area contributed by atoms with Crippen molar-refractivity contribution < 1.29 is 28.5 Å². The number of hydrogen-bond donors (Lipinski definition) is 1. The van der Waals surface area contributed by atoms with E-state index in [0.717, 1.165) is 18.7 Å². The Balaban J connectivity index is 1.35. The van der Waals surface area contributed by atoms with Crippen LogP contribution in [0.1, 0.15) is 11.1 Å². The minimum atomic E-state index is -0.190. The lowest BCUT2D eigenvalue weighted by Crippen LogP contribution is -2.42. The molecule has 0 bridgehead atoms. The fourth-order valence-corrected chi connectivity index (χ4v) is 3.59. The molecule has 0 aromatic heterocycles. The van der Waals surface area contributed by atoms with Crippen molar-refractivity contribution in [1.82, 2.24) is 10.3 Å². The van der Waals surface area contributed by atoms with Crippen molar-refractivity contribution in [1.29, 1.82) is 0 Å². The number of nitrogens with zero attached hydrogens (tertiary/aromatic N) is 2. The third kappa shape index (κ3) is 5.61. The van der Waals surface area contributed by atoms with Crippen LogP contribution in [0, 0.1) is 0 Å². The largest absolute Gasteiger partial charge is 0.493 e. The lowest BCUT2D eigenvalue weighted by Gasteiger charge is -2.25. The third-order valence-electron chi connectivity index (χ3n) is 4.95. The van der Waals surface area contributed by atoms with Gasteiger partial charge in [-0.25, -0.2) is 5.43 Å². The summed E-state index contributed by atoms with van der Waals surface area (Å²) in [4.78, 5) is 14.1. The summed E-state index contributed by atoms with van der Waals surface area (Å²) in [5, 5.41) is 4.38. The van der Waals surface area contributed by atoms with Gasteiger partial charge in [-0.3, -0.25) is 9.69 Å². The minimum absolute atomic E-state index is 0.190. The SMILES string of the molecule is COc1cc(/C=N/NC(=O)CN2CCOCC2)cc(Cl)c1OCc1ccc2c(c1)OCO2. The van der Waals surface area contributed by atoms with E-state index < -0.39 is 0 Å². The van der Waals surface area contributed by atoms with E-state index >= 15 is 0 Å². The average molecular weight is 462 g/mol. The van der Waals surface area contributed by atoms with E-state index in [1.54, 1.807) is 12.1 Å². The normalized spacial score (nSPS) is 15.7. The molecule has 2 aliphatic heterocycles. The Morgan fingerprint density at radius 3 is 2.84 bits per heavy atom. The molecule has 1 N–H and O–H groups in total. The Morgan fingerprint density at radius 2 is 2.03 bits per heavy atom. The zero-order chi connectivity index (χ0) is 22.3. The zero-order valence-corrected chi connectivity index (χ0v) is 18.4. The van der Waals surface area contributed by atoms with Gasteiger partial charge in [0.1, 0.15) is 6.61 Å². The molecule has 2 heterocycles. The van der Waals surface area contributed by atoms with Crippen LogP contribution in [-0.4, -0.2) is 63.8 Å². The molecular weight excluding hydrogens is 438 g/mol. The number of nitrogens with one attached hydrogen (secondary N) is 1. The first kappa shape index (κ1) is 22.2. The van der Waals surface area contributed by atoms with Crippen molar-refractivity contribution >= 4 is 23.7 Å². The Kier molecular flexibility index (Phi) is 7.31. The number of benzene rings is 2. The molecule has 32 heavy (non-hydrogen) atoms. The lowest BCUT2D eigenvalue weighted by atomic mass is 10.2. The Morgan fingerprint density at radius 1 is 1.22 bits per heavy atom. The molecule has 0 saturated carbocycles. The number of morpholine rings is 1. The van der Waals surface area contributed by atoms with Crippen LogP contribution in [-0.2, 0) is 16.1 Å². The molecule has 1 fully saturated rings. The van der Waals surface area contributed by atoms with E-state index in [1.807, 2.05) is 23.1 Å². The van der Waals surface area contributed by atoms with E-state index in [4.69, 9.17) is 35.3 Å². The molecule has 10 heteroatoms. The number of fused-ring (bicyclic) bond motifs is 1. The minimum Gasteiger partial charge on any atom is -0.493 e. The predicted molar refractivity (Wildman–Crippen MR) is 118 cm³/mol. The van der Waals surface area contributed by atoms with E-state index in [2.05, 4.69) is 10.5 Å². The summed E-state index contributed by atoms with van der Waals surface area (Å²) < 4.78 is 27.3.